The summed E-state index contributed by atoms with van der Waals surface area (Å²) in [6.45, 7) is 11.8. The summed E-state index contributed by atoms with van der Waals surface area (Å²) in [5.41, 5.74) is 2.22. The van der Waals surface area contributed by atoms with Gasteiger partial charge in [0.25, 0.3) is 0 Å². The van der Waals surface area contributed by atoms with Gasteiger partial charge >= 0.3 is 0 Å². The first kappa shape index (κ1) is 13.4. The maximum absolute atomic E-state index is 4.42. The van der Waals surface area contributed by atoms with E-state index in [9.17, 15) is 0 Å². The summed E-state index contributed by atoms with van der Waals surface area (Å²) in [6, 6.07) is 10.2. The van der Waals surface area contributed by atoms with Crippen molar-refractivity contribution in [2.24, 2.45) is 15.4 Å². The molecule has 2 heteroatoms. The van der Waals surface area contributed by atoms with Crippen LogP contribution < -0.4 is 0 Å². The minimum Gasteiger partial charge on any atom is -0.249 e. The molecule has 0 amide bonds. The first-order valence-electron chi connectivity index (χ1n) is 5.72. The van der Waals surface area contributed by atoms with E-state index >= 15 is 0 Å². The summed E-state index contributed by atoms with van der Waals surface area (Å²) >= 11 is 0. The summed E-state index contributed by atoms with van der Waals surface area (Å²) in [4.78, 5) is 8.40. The Bertz CT molecular complexity index is 434. The molecule has 2 nitrogen and oxygen atoms in total. The lowest BCUT2D eigenvalue weighted by molar-refractivity contribution is 0.585. The van der Waals surface area contributed by atoms with Crippen LogP contribution in [0, 0.1) is 5.41 Å². The van der Waals surface area contributed by atoms with Gasteiger partial charge in [0.05, 0.1) is 0 Å². The third-order valence-corrected chi connectivity index (χ3v) is 2.43. The van der Waals surface area contributed by atoms with Crippen molar-refractivity contribution in [2.75, 3.05) is 0 Å². The zero-order valence-corrected chi connectivity index (χ0v) is 11.1. The van der Waals surface area contributed by atoms with Crippen LogP contribution in [0.4, 0.5) is 0 Å². The molecule has 0 aliphatic rings. The Morgan fingerprint density at radius 2 is 1.76 bits per heavy atom. The molecule has 0 spiro atoms. The van der Waals surface area contributed by atoms with Crippen molar-refractivity contribution in [3.8, 4) is 0 Å². The third kappa shape index (κ3) is 3.99. The molecular weight excluding hydrogens is 208 g/mol. The fourth-order valence-electron chi connectivity index (χ4n) is 1.41. The van der Waals surface area contributed by atoms with Crippen LogP contribution >= 0.6 is 0 Å². The van der Waals surface area contributed by atoms with Crippen molar-refractivity contribution in [3.05, 3.63) is 42.1 Å². The summed E-state index contributed by atoms with van der Waals surface area (Å²) < 4.78 is 0. The smallest absolute Gasteiger partial charge is 0.132 e. The van der Waals surface area contributed by atoms with Crippen molar-refractivity contribution in [1.29, 1.82) is 0 Å². The number of hydrogen-bond donors (Lipinski definition) is 0. The van der Waals surface area contributed by atoms with Crippen LogP contribution in [0.15, 0.2) is 46.5 Å². The highest BCUT2D eigenvalue weighted by Crippen LogP contribution is 2.18. The van der Waals surface area contributed by atoms with Gasteiger partial charge in [0.2, 0.25) is 0 Å². The van der Waals surface area contributed by atoms with Gasteiger partial charge in [-0.05, 0) is 24.8 Å². The number of hydrogen-bond acceptors (Lipinski definition) is 1. The predicted octanol–water partition coefficient (Wildman–Crippen LogP) is 4.19. The Balaban J connectivity index is 2.97. The number of benzene rings is 1. The van der Waals surface area contributed by atoms with E-state index in [2.05, 4.69) is 49.6 Å². The van der Waals surface area contributed by atoms with E-state index < -0.39 is 0 Å². The monoisotopic (exact) mass is 228 g/mol. The Labute approximate surface area is 104 Å². The quantitative estimate of drug-likeness (QED) is 0.535. The van der Waals surface area contributed by atoms with E-state index in [1.54, 1.807) is 0 Å². The van der Waals surface area contributed by atoms with Crippen LogP contribution in [0.2, 0.25) is 0 Å². The second-order valence-corrected chi connectivity index (χ2v) is 5.04. The summed E-state index contributed by atoms with van der Waals surface area (Å²) in [7, 11) is 0. The van der Waals surface area contributed by atoms with Gasteiger partial charge in [-0.15, -0.1) is 0 Å². The first-order chi connectivity index (χ1) is 7.95. The number of rotatable bonds is 2. The van der Waals surface area contributed by atoms with Crippen molar-refractivity contribution in [1.82, 2.24) is 0 Å². The molecule has 0 saturated heterocycles. The highest BCUT2D eigenvalue weighted by atomic mass is 14.9. The van der Waals surface area contributed by atoms with Gasteiger partial charge in [-0.2, -0.15) is 0 Å². The summed E-state index contributed by atoms with van der Waals surface area (Å²) in [5.74, 6) is 0.757. The number of amidine groups is 1. The van der Waals surface area contributed by atoms with Gasteiger partial charge in [0, 0.05) is 11.6 Å². The van der Waals surface area contributed by atoms with E-state index in [0.29, 0.717) is 0 Å². The number of allylic oxidation sites excluding steroid dienone is 1. The number of aliphatic imine (C=N–C) groups is 2. The highest BCUT2D eigenvalue weighted by Gasteiger charge is 2.16. The van der Waals surface area contributed by atoms with Gasteiger partial charge in [0.15, 0.2) is 0 Å². The molecule has 90 valence electrons. The van der Waals surface area contributed by atoms with E-state index in [-0.39, 0.29) is 5.41 Å². The molecule has 1 aromatic carbocycles. The predicted molar refractivity (Wildman–Crippen MR) is 76.5 cm³/mol. The van der Waals surface area contributed by atoms with Crippen molar-refractivity contribution in [3.63, 3.8) is 0 Å². The molecule has 0 heterocycles. The van der Waals surface area contributed by atoms with Gasteiger partial charge in [-0.25, -0.2) is 9.98 Å². The molecule has 0 bridgehead atoms. The van der Waals surface area contributed by atoms with E-state index in [1.807, 2.05) is 31.3 Å². The second kappa shape index (κ2) is 5.58. The molecular formula is C15H20N2. The van der Waals surface area contributed by atoms with Gasteiger partial charge in [-0.3, -0.25) is 0 Å². The molecule has 1 aromatic rings. The van der Waals surface area contributed by atoms with Crippen molar-refractivity contribution >= 4 is 18.1 Å². The molecule has 0 radical (unpaired) electrons. The molecule has 17 heavy (non-hydrogen) atoms. The SMILES string of the molecule is C=N/C(=N\C=C(/C)c1ccccc1)C(C)(C)C. The fraction of sp³-hybridized carbons (Fsp3) is 0.333. The Morgan fingerprint density at radius 1 is 1.18 bits per heavy atom. The molecule has 0 N–H and O–H groups in total. The minimum absolute atomic E-state index is 0.0742. The third-order valence-electron chi connectivity index (χ3n) is 2.43. The van der Waals surface area contributed by atoms with Crippen LogP contribution in [0.5, 0.6) is 0 Å². The molecule has 0 aliphatic heterocycles. The first-order valence-corrected chi connectivity index (χ1v) is 5.72. The lowest BCUT2D eigenvalue weighted by Crippen LogP contribution is -2.17. The van der Waals surface area contributed by atoms with E-state index in [4.69, 9.17) is 0 Å². The molecule has 0 fully saturated rings. The van der Waals surface area contributed by atoms with Crippen molar-refractivity contribution < 1.29 is 0 Å². The van der Waals surface area contributed by atoms with Crippen LogP contribution in [0.1, 0.15) is 33.3 Å². The average Bonchev–Trinajstić information content (AvgIpc) is 2.29. The normalized spacial score (nSPS) is 13.6. The lowest BCUT2D eigenvalue weighted by atomic mass is 9.95. The van der Waals surface area contributed by atoms with Crippen LogP contribution in [0.25, 0.3) is 5.57 Å². The molecule has 0 aromatic heterocycles. The summed E-state index contributed by atoms with van der Waals surface area (Å²) in [5, 5.41) is 0. The fourth-order valence-corrected chi connectivity index (χ4v) is 1.41. The average molecular weight is 228 g/mol. The van der Waals surface area contributed by atoms with Gasteiger partial charge < -0.3 is 0 Å². The Morgan fingerprint density at radius 3 is 2.24 bits per heavy atom. The molecule has 0 unspecified atom stereocenters. The van der Waals surface area contributed by atoms with E-state index in [1.165, 1.54) is 5.56 Å². The lowest BCUT2D eigenvalue weighted by Gasteiger charge is -2.16. The highest BCUT2D eigenvalue weighted by molar-refractivity contribution is 5.91. The Kier molecular flexibility index (Phi) is 4.38. The standard InChI is InChI=1S/C15H20N2/c1-12(13-9-7-6-8-10-13)11-17-14(16-5)15(2,3)4/h6-11H,5H2,1-4H3/b12-11+,17-14-. The van der Waals surface area contributed by atoms with Crippen molar-refractivity contribution in [2.45, 2.75) is 27.7 Å². The zero-order chi connectivity index (χ0) is 12.9. The zero-order valence-electron chi connectivity index (χ0n) is 11.1. The largest absolute Gasteiger partial charge is 0.249 e. The Hall–Kier alpha value is -1.70. The van der Waals surface area contributed by atoms with Gasteiger partial charge in [0.1, 0.15) is 5.84 Å². The summed E-state index contributed by atoms with van der Waals surface area (Å²) in [6.07, 6.45) is 1.85. The van der Waals surface area contributed by atoms with Crippen LogP contribution in [0.3, 0.4) is 0 Å². The number of nitrogens with zero attached hydrogens (tertiary/aromatic N) is 2. The van der Waals surface area contributed by atoms with E-state index in [0.717, 1.165) is 11.4 Å². The molecule has 1 rings (SSSR count). The molecule has 0 atom stereocenters. The van der Waals surface area contributed by atoms with Crippen LogP contribution in [-0.2, 0) is 0 Å². The maximum atomic E-state index is 4.42. The maximum Gasteiger partial charge on any atom is 0.132 e. The topological polar surface area (TPSA) is 24.7 Å². The second-order valence-electron chi connectivity index (χ2n) is 5.04. The molecule has 0 aliphatic carbocycles. The minimum atomic E-state index is -0.0742. The van der Waals surface area contributed by atoms with Gasteiger partial charge in [-0.1, -0.05) is 51.1 Å². The molecule has 0 saturated carbocycles. The van der Waals surface area contributed by atoms with Crippen LogP contribution in [-0.4, -0.2) is 12.6 Å².